The van der Waals surface area contributed by atoms with E-state index in [0.717, 1.165) is 49.4 Å². The second kappa shape index (κ2) is 21.5. The predicted octanol–water partition coefficient (Wildman–Crippen LogP) is 6.57. The number of piperidine rings is 1. The van der Waals surface area contributed by atoms with Crippen molar-refractivity contribution in [2.24, 2.45) is 4.99 Å². The first-order chi connectivity index (χ1) is 28.3. The third-order valence-corrected chi connectivity index (χ3v) is 10.2. The Morgan fingerprint density at radius 2 is 1.53 bits per heavy atom. The molecule has 4 N–H and O–H groups in total. The van der Waals surface area contributed by atoms with Crippen LogP contribution in [0, 0.1) is 6.92 Å². The van der Waals surface area contributed by atoms with E-state index in [1.54, 1.807) is 18.2 Å². The van der Waals surface area contributed by atoms with Gasteiger partial charge in [0.25, 0.3) is 5.91 Å². The number of aliphatic imine (C=N–C) groups is 1. The number of anilines is 2. The summed E-state index contributed by atoms with van der Waals surface area (Å²) in [6, 6.07) is 31.8. The van der Waals surface area contributed by atoms with Gasteiger partial charge in [0.05, 0.1) is 18.0 Å². The van der Waals surface area contributed by atoms with E-state index in [2.05, 4.69) is 38.3 Å². The summed E-state index contributed by atoms with van der Waals surface area (Å²) in [6.45, 7) is 6.41. The zero-order chi connectivity index (χ0) is 40.5. The quantitative estimate of drug-likeness (QED) is 0.0841. The molecule has 5 amide bonds. The van der Waals surface area contributed by atoms with Gasteiger partial charge in [0.15, 0.2) is 0 Å². The molecule has 0 bridgehead atoms. The maximum atomic E-state index is 14.1. The highest BCUT2D eigenvalue weighted by atomic mass is 16.5. The summed E-state index contributed by atoms with van der Waals surface area (Å²) in [5.74, 6) is -0.0218. The summed E-state index contributed by atoms with van der Waals surface area (Å²) in [4.78, 5) is 61.7. The van der Waals surface area contributed by atoms with Crippen LogP contribution in [0.3, 0.4) is 0 Å². The Kier molecular flexibility index (Phi) is 15.4. The zero-order valence-corrected chi connectivity index (χ0v) is 33.4. The van der Waals surface area contributed by atoms with Crippen LogP contribution in [0.15, 0.2) is 108 Å². The van der Waals surface area contributed by atoms with E-state index in [-0.39, 0.29) is 18.4 Å². The van der Waals surface area contributed by atoms with E-state index in [9.17, 15) is 19.2 Å². The van der Waals surface area contributed by atoms with Crippen LogP contribution in [0.25, 0.3) is 0 Å². The number of urea groups is 1. The van der Waals surface area contributed by atoms with Gasteiger partial charge in [0, 0.05) is 42.9 Å². The number of fused-ring (bicyclic) bond motifs is 1. The van der Waals surface area contributed by atoms with Crippen molar-refractivity contribution in [2.75, 3.05) is 49.5 Å². The van der Waals surface area contributed by atoms with Gasteiger partial charge < -0.3 is 26.0 Å². The molecule has 6 rings (SSSR count). The fourth-order valence-corrected chi connectivity index (χ4v) is 7.23. The molecule has 12 heteroatoms. The Hall–Kier alpha value is -6.01. The lowest BCUT2D eigenvalue weighted by molar-refractivity contribution is -0.124. The maximum absolute atomic E-state index is 14.1. The second-order valence-corrected chi connectivity index (χ2v) is 14.9. The summed E-state index contributed by atoms with van der Waals surface area (Å²) in [6.07, 6.45) is 5.82. The van der Waals surface area contributed by atoms with Crippen LogP contribution in [0.5, 0.6) is 5.75 Å². The van der Waals surface area contributed by atoms with E-state index in [0.29, 0.717) is 61.6 Å². The van der Waals surface area contributed by atoms with Gasteiger partial charge >= 0.3 is 6.03 Å². The van der Waals surface area contributed by atoms with Gasteiger partial charge in [0.1, 0.15) is 12.3 Å². The number of ether oxygens (including phenoxy) is 1. The number of hydrogen-bond donors (Lipinski definition) is 4. The number of amides is 5. The normalized spacial score (nSPS) is 15.4. The number of rotatable bonds is 18. The maximum Gasteiger partial charge on any atom is 0.321 e. The van der Waals surface area contributed by atoms with Crippen LogP contribution < -0.4 is 30.9 Å². The Morgan fingerprint density at radius 3 is 2.36 bits per heavy atom. The Balaban J connectivity index is 0.934. The van der Waals surface area contributed by atoms with Crippen LogP contribution >= 0.6 is 0 Å². The van der Waals surface area contributed by atoms with E-state index in [4.69, 9.17) is 9.73 Å². The second-order valence-electron chi connectivity index (χ2n) is 14.9. The molecule has 58 heavy (non-hydrogen) atoms. The largest absolute Gasteiger partial charge is 0.494 e. The minimum Gasteiger partial charge on any atom is -0.494 e. The molecule has 2 aliphatic rings. The van der Waals surface area contributed by atoms with Crippen LogP contribution in [0.4, 0.5) is 16.2 Å². The Labute approximate surface area is 341 Å². The SMILES string of the molecule is Cc1cccc(NC(=O)NC2N=C(c3ccccc3)c3ccccc3N(CC(=O)NCCCCCC(=O)NCCCOc3cccc(CN4CCCCC4)c3)C2=O)c1. The van der Waals surface area contributed by atoms with Crippen molar-refractivity contribution in [1.29, 1.82) is 0 Å². The first kappa shape index (κ1) is 41.6. The van der Waals surface area contributed by atoms with Crippen molar-refractivity contribution in [3.8, 4) is 5.75 Å². The first-order valence-electron chi connectivity index (χ1n) is 20.5. The van der Waals surface area contributed by atoms with Crippen molar-refractivity contribution in [1.82, 2.24) is 20.9 Å². The van der Waals surface area contributed by atoms with Gasteiger partial charge in [-0.3, -0.25) is 24.2 Å². The molecule has 2 heterocycles. The standard InChI is InChI=1S/C46H55N7O5/c1-34-16-13-20-37(30-34)49-46(57)51-44-45(56)53(40-23-9-8-22-39(40)43(50-44)36-18-5-2-6-19-36)33-42(55)48-25-10-3-7-24-41(54)47-26-15-29-58-38-21-14-17-35(31-38)32-52-27-11-4-12-28-52/h2,5-6,8-9,13-14,16-23,30-31,44H,3-4,7,10-12,15,24-29,32-33H2,1H3,(H,47,54)(H,48,55)(H2,49,51,57). The molecular weight excluding hydrogens is 731 g/mol. The van der Waals surface area contributed by atoms with Crippen LogP contribution in [-0.2, 0) is 20.9 Å². The monoisotopic (exact) mass is 785 g/mol. The van der Waals surface area contributed by atoms with Crippen LogP contribution in [0.1, 0.15) is 73.6 Å². The summed E-state index contributed by atoms with van der Waals surface area (Å²) in [5.41, 5.74) is 5.28. The average Bonchev–Trinajstić information content (AvgIpc) is 3.33. The van der Waals surface area contributed by atoms with Gasteiger partial charge in [-0.05, 0) is 93.6 Å². The lowest BCUT2D eigenvalue weighted by Gasteiger charge is -2.26. The third-order valence-electron chi connectivity index (χ3n) is 10.2. The third kappa shape index (κ3) is 12.5. The lowest BCUT2D eigenvalue weighted by atomic mass is 10.0. The van der Waals surface area contributed by atoms with Crippen molar-refractivity contribution >= 4 is 40.8 Å². The molecule has 1 fully saturated rings. The summed E-state index contributed by atoms with van der Waals surface area (Å²) in [7, 11) is 0. The molecule has 0 saturated carbocycles. The molecule has 304 valence electrons. The fourth-order valence-electron chi connectivity index (χ4n) is 7.23. The molecule has 1 saturated heterocycles. The van der Waals surface area contributed by atoms with E-state index in [1.807, 2.05) is 79.7 Å². The molecular formula is C46H55N7O5. The number of unbranched alkanes of at least 4 members (excludes halogenated alkanes) is 2. The number of benzene rings is 4. The number of para-hydroxylation sites is 1. The average molecular weight is 786 g/mol. The predicted molar refractivity (Wildman–Crippen MR) is 228 cm³/mol. The van der Waals surface area contributed by atoms with Gasteiger partial charge in [-0.2, -0.15) is 0 Å². The molecule has 1 unspecified atom stereocenters. The number of hydrogen-bond acceptors (Lipinski definition) is 7. The minimum atomic E-state index is -1.30. The molecule has 0 radical (unpaired) electrons. The number of likely N-dealkylation sites (tertiary alicyclic amines) is 1. The molecule has 4 aromatic carbocycles. The number of carbonyl (C=O) groups excluding carboxylic acids is 4. The highest BCUT2D eigenvalue weighted by Crippen LogP contribution is 2.28. The topological polar surface area (TPSA) is 144 Å². The zero-order valence-electron chi connectivity index (χ0n) is 33.4. The van der Waals surface area contributed by atoms with Crippen molar-refractivity contribution in [3.05, 3.63) is 125 Å². The Bertz CT molecular complexity index is 2030. The van der Waals surface area contributed by atoms with Crippen LogP contribution in [0.2, 0.25) is 0 Å². The Morgan fingerprint density at radius 1 is 0.776 bits per heavy atom. The minimum absolute atomic E-state index is 0.00118. The summed E-state index contributed by atoms with van der Waals surface area (Å²) >= 11 is 0. The van der Waals surface area contributed by atoms with Crippen molar-refractivity contribution < 1.29 is 23.9 Å². The first-order valence-corrected chi connectivity index (χ1v) is 20.5. The summed E-state index contributed by atoms with van der Waals surface area (Å²) in [5, 5.41) is 11.4. The van der Waals surface area contributed by atoms with Gasteiger partial charge in [-0.1, -0.05) is 85.6 Å². The van der Waals surface area contributed by atoms with Gasteiger partial charge in [0.2, 0.25) is 18.0 Å². The molecule has 1 atom stereocenters. The lowest BCUT2D eigenvalue weighted by Crippen LogP contribution is -2.51. The van der Waals surface area contributed by atoms with Crippen molar-refractivity contribution in [2.45, 2.75) is 71.0 Å². The number of aryl methyl sites for hydroxylation is 1. The number of nitrogens with one attached hydrogen (secondary N) is 4. The highest BCUT2D eigenvalue weighted by Gasteiger charge is 2.34. The smallest absolute Gasteiger partial charge is 0.321 e. The number of nitrogens with zero attached hydrogens (tertiary/aromatic N) is 3. The molecule has 2 aliphatic heterocycles. The van der Waals surface area contributed by atoms with Crippen LogP contribution in [-0.4, -0.2) is 79.9 Å². The molecule has 0 aliphatic carbocycles. The molecule has 12 nitrogen and oxygen atoms in total. The molecule has 0 aromatic heterocycles. The van der Waals surface area contributed by atoms with Gasteiger partial charge in [-0.25, -0.2) is 9.79 Å². The van der Waals surface area contributed by atoms with Gasteiger partial charge in [-0.15, -0.1) is 0 Å². The number of benzodiazepines with no additional fused rings is 1. The number of carbonyl (C=O) groups is 4. The molecule has 4 aromatic rings. The fraction of sp³-hybridized carbons (Fsp3) is 0.370. The van der Waals surface area contributed by atoms with E-state index < -0.39 is 18.1 Å². The molecule has 0 spiro atoms. The van der Waals surface area contributed by atoms with E-state index in [1.165, 1.54) is 29.7 Å². The highest BCUT2D eigenvalue weighted by molar-refractivity contribution is 6.21. The van der Waals surface area contributed by atoms with Crippen molar-refractivity contribution in [3.63, 3.8) is 0 Å². The van der Waals surface area contributed by atoms with E-state index >= 15 is 0 Å². The summed E-state index contributed by atoms with van der Waals surface area (Å²) < 4.78 is 5.96.